The molecule has 0 aliphatic carbocycles. The van der Waals surface area contributed by atoms with E-state index in [1.54, 1.807) is 0 Å². The van der Waals surface area contributed by atoms with Crippen molar-refractivity contribution in [1.82, 2.24) is 4.90 Å². The first kappa shape index (κ1) is 13.8. The molecule has 20 heavy (non-hydrogen) atoms. The third-order valence-corrected chi connectivity index (χ3v) is 4.84. The van der Waals surface area contributed by atoms with Gasteiger partial charge in [0.15, 0.2) is 0 Å². The van der Waals surface area contributed by atoms with E-state index in [-0.39, 0.29) is 0 Å². The molecule has 1 aromatic rings. The highest BCUT2D eigenvalue weighted by Crippen LogP contribution is 2.30. The largest absolute Gasteiger partial charge is 0.389 e. The van der Waals surface area contributed by atoms with Crippen molar-refractivity contribution < 1.29 is 0 Å². The molecule has 1 unspecified atom stereocenters. The predicted molar refractivity (Wildman–Crippen MR) is 88.5 cm³/mol. The van der Waals surface area contributed by atoms with Crippen molar-refractivity contribution in [1.29, 1.82) is 0 Å². The average molecular weight is 289 g/mol. The van der Waals surface area contributed by atoms with Crippen molar-refractivity contribution in [2.24, 2.45) is 5.73 Å². The van der Waals surface area contributed by atoms with Crippen LogP contribution in [0.15, 0.2) is 18.2 Å². The van der Waals surface area contributed by atoms with E-state index in [1.165, 1.54) is 43.6 Å². The van der Waals surface area contributed by atoms with Gasteiger partial charge in [-0.2, -0.15) is 0 Å². The lowest BCUT2D eigenvalue weighted by atomic mass is 10.1. The van der Waals surface area contributed by atoms with Crippen LogP contribution in [0.1, 0.15) is 30.4 Å². The van der Waals surface area contributed by atoms with Crippen LogP contribution in [0.3, 0.4) is 0 Å². The van der Waals surface area contributed by atoms with Gasteiger partial charge < -0.3 is 10.6 Å². The van der Waals surface area contributed by atoms with E-state index < -0.39 is 0 Å². The van der Waals surface area contributed by atoms with Gasteiger partial charge >= 0.3 is 0 Å². The first-order chi connectivity index (χ1) is 9.66. The zero-order valence-electron chi connectivity index (χ0n) is 12.1. The number of hydrogen-bond acceptors (Lipinski definition) is 3. The van der Waals surface area contributed by atoms with Gasteiger partial charge in [0.25, 0.3) is 0 Å². The maximum Gasteiger partial charge on any atom is 0.106 e. The molecule has 3 nitrogen and oxygen atoms in total. The fraction of sp³-hybridized carbons (Fsp3) is 0.562. The minimum Gasteiger partial charge on any atom is -0.389 e. The molecule has 2 N–H and O–H groups in total. The van der Waals surface area contributed by atoms with E-state index in [0.29, 0.717) is 11.0 Å². The van der Waals surface area contributed by atoms with Crippen LogP contribution in [0, 0.1) is 6.92 Å². The molecule has 0 saturated carbocycles. The highest BCUT2D eigenvalue weighted by Gasteiger charge is 2.30. The molecule has 2 aliphatic heterocycles. The molecule has 0 amide bonds. The van der Waals surface area contributed by atoms with Crippen molar-refractivity contribution in [3.05, 3.63) is 29.3 Å². The van der Waals surface area contributed by atoms with E-state index in [0.717, 1.165) is 18.7 Å². The van der Waals surface area contributed by atoms with Crippen molar-refractivity contribution in [2.45, 2.75) is 32.2 Å². The Morgan fingerprint density at radius 1 is 1.25 bits per heavy atom. The molecule has 108 valence electrons. The number of thiocarbonyl (C=S) groups is 1. The number of benzene rings is 1. The molecule has 3 rings (SSSR count). The number of rotatable bonds is 2. The Balaban J connectivity index is 1.93. The molecule has 2 heterocycles. The lowest BCUT2D eigenvalue weighted by Gasteiger charge is -2.30. The minimum atomic E-state index is 0.510. The molecule has 0 spiro atoms. The third-order valence-electron chi connectivity index (χ3n) is 4.62. The Kier molecular flexibility index (Phi) is 3.94. The topological polar surface area (TPSA) is 32.5 Å². The fourth-order valence-electron chi connectivity index (χ4n) is 3.69. The molecule has 2 aliphatic rings. The van der Waals surface area contributed by atoms with Gasteiger partial charge in [0.2, 0.25) is 0 Å². The summed E-state index contributed by atoms with van der Waals surface area (Å²) in [6.07, 6.45) is 3.89. The summed E-state index contributed by atoms with van der Waals surface area (Å²) < 4.78 is 0. The molecule has 1 aromatic carbocycles. The van der Waals surface area contributed by atoms with Crippen molar-refractivity contribution in [3.8, 4) is 0 Å². The van der Waals surface area contributed by atoms with E-state index in [9.17, 15) is 0 Å². The lowest BCUT2D eigenvalue weighted by molar-refractivity contribution is 0.273. The van der Waals surface area contributed by atoms with Crippen LogP contribution in [0.25, 0.3) is 0 Å². The minimum absolute atomic E-state index is 0.510. The molecule has 0 radical (unpaired) electrons. The average Bonchev–Trinajstić information content (AvgIpc) is 2.76. The molecule has 4 heteroatoms. The molecule has 0 bridgehead atoms. The Bertz CT molecular complexity index is 514. The van der Waals surface area contributed by atoms with Crippen molar-refractivity contribution in [3.63, 3.8) is 0 Å². The fourth-order valence-corrected chi connectivity index (χ4v) is 3.85. The second-order valence-corrected chi connectivity index (χ2v) is 6.41. The summed E-state index contributed by atoms with van der Waals surface area (Å²) in [5.74, 6) is 0. The summed E-state index contributed by atoms with van der Waals surface area (Å²) in [6.45, 7) is 6.88. The van der Waals surface area contributed by atoms with Gasteiger partial charge in [-0.05, 0) is 44.4 Å². The number of anilines is 1. The van der Waals surface area contributed by atoms with Crippen molar-refractivity contribution in [2.75, 3.05) is 31.1 Å². The molecule has 1 atom stereocenters. The van der Waals surface area contributed by atoms with Gasteiger partial charge in [-0.1, -0.05) is 24.4 Å². The summed E-state index contributed by atoms with van der Waals surface area (Å²) in [5.41, 5.74) is 9.50. The summed E-state index contributed by atoms with van der Waals surface area (Å²) >= 11 is 5.25. The van der Waals surface area contributed by atoms with Gasteiger partial charge in [0.1, 0.15) is 4.99 Å². The predicted octanol–water partition coefficient (Wildman–Crippen LogP) is 2.30. The van der Waals surface area contributed by atoms with Crippen LogP contribution in [-0.4, -0.2) is 42.1 Å². The monoisotopic (exact) mass is 289 g/mol. The zero-order valence-corrected chi connectivity index (χ0v) is 13.0. The summed E-state index contributed by atoms with van der Waals surface area (Å²) in [4.78, 5) is 5.68. The Morgan fingerprint density at radius 2 is 2.05 bits per heavy atom. The number of para-hydroxylation sites is 1. The number of fused-ring (bicyclic) bond motifs is 1. The maximum atomic E-state index is 5.93. The molecule has 2 fully saturated rings. The van der Waals surface area contributed by atoms with E-state index in [1.807, 2.05) is 6.07 Å². The maximum absolute atomic E-state index is 5.93. The second-order valence-electron chi connectivity index (χ2n) is 5.97. The quantitative estimate of drug-likeness (QED) is 0.847. The first-order valence-electron chi connectivity index (χ1n) is 7.55. The van der Waals surface area contributed by atoms with Gasteiger partial charge in [0.05, 0.1) is 0 Å². The molecular formula is C16H23N3S. The number of nitrogens with zero attached hydrogens (tertiary/aromatic N) is 2. The summed E-state index contributed by atoms with van der Waals surface area (Å²) in [5, 5.41) is 0. The Morgan fingerprint density at radius 3 is 2.85 bits per heavy atom. The van der Waals surface area contributed by atoms with Gasteiger partial charge in [-0.15, -0.1) is 0 Å². The summed E-state index contributed by atoms with van der Waals surface area (Å²) in [7, 11) is 0. The summed E-state index contributed by atoms with van der Waals surface area (Å²) in [6, 6.07) is 6.97. The Labute approximate surface area is 126 Å². The van der Waals surface area contributed by atoms with Gasteiger partial charge in [-0.3, -0.25) is 4.90 Å². The van der Waals surface area contributed by atoms with Crippen LogP contribution < -0.4 is 10.6 Å². The normalized spacial score (nSPS) is 23.4. The zero-order chi connectivity index (χ0) is 14.1. The van der Waals surface area contributed by atoms with E-state index in [2.05, 4.69) is 28.9 Å². The van der Waals surface area contributed by atoms with Crippen LogP contribution in [0.5, 0.6) is 0 Å². The Hall–Kier alpha value is -1.13. The lowest BCUT2D eigenvalue weighted by Crippen LogP contribution is -2.37. The van der Waals surface area contributed by atoms with Gasteiger partial charge in [0, 0.05) is 36.9 Å². The SMILES string of the molecule is Cc1cccc(C(N)=S)c1N1CCCN2CCCC2C1. The number of nitrogens with two attached hydrogens (primary N) is 1. The van der Waals surface area contributed by atoms with Crippen LogP contribution in [0.4, 0.5) is 5.69 Å². The van der Waals surface area contributed by atoms with Crippen molar-refractivity contribution >= 4 is 22.9 Å². The first-order valence-corrected chi connectivity index (χ1v) is 7.96. The van der Waals surface area contributed by atoms with Crippen LogP contribution >= 0.6 is 12.2 Å². The number of aryl methyl sites for hydroxylation is 1. The van der Waals surface area contributed by atoms with Gasteiger partial charge in [-0.25, -0.2) is 0 Å². The highest BCUT2D eigenvalue weighted by atomic mass is 32.1. The van der Waals surface area contributed by atoms with E-state index >= 15 is 0 Å². The molecular weight excluding hydrogens is 266 g/mol. The molecule has 2 saturated heterocycles. The number of hydrogen-bond donors (Lipinski definition) is 1. The standard InChI is InChI=1S/C16H23N3S/c1-12-5-2-7-14(16(17)20)15(12)19-10-4-9-18-8-3-6-13(18)11-19/h2,5,7,13H,3-4,6,8-11H2,1H3,(H2,17,20). The van der Waals surface area contributed by atoms with Crippen LogP contribution in [-0.2, 0) is 0 Å². The smallest absolute Gasteiger partial charge is 0.106 e. The highest BCUT2D eigenvalue weighted by molar-refractivity contribution is 7.80. The molecule has 0 aromatic heterocycles. The van der Waals surface area contributed by atoms with E-state index in [4.69, 9.17) is 18.0 Å². The third kappa shape index (κ3) is 2.54. The second kappa shape index (κ2) is 5.70. The van der Waals surface area contributed by atoms with Crippen LogP contribution in [0.2, 0.25) is 0 Å².